The molecular weight excluding hydrogens is 336 g/mol. The standard InChI is InChI=1S/C15H22N2O8/c1-2-3-10(19)15(17-12(21)5-7-14(24)25)9(8-18)16-11(20)4-6-13(22)23/h8-9,15H,2-7H2,1H3,(H,16,20)(H,17,21)(H,22,23)(H,24,25). The highest BCUT2D eigenvalue weighted by Gasteiger charge is 2.30. The molecular formula is C15H22N2O8. The van der Waals surface area contributed by atoms with E-state index in [1.54, 1.807) is 6.92 Å². The molecule has 140 valence electrons. The Balaban J connectivity index is 5.00. The van der Waals surface area contributed by atoms with Crippen LogP contribution in [0.5, 0.6) is 0 Å². The molecule has 2 amide bonds. The van der Waals surface area contributed by atoms with E-state index in [1.807, 2.05) is 0 Å². The molecule has 0 aliphatic rings. The summed E-state index contributed by atoms with van der Waals surface area (Å²) in [5, 5.41) is 21.6. The highest BCUT2D eigenvalue weighted by Crippen LogP contribution is 2.03. The topological polar surface area (TPSA) is 167 Å². The Morgan fingerprint density at radius 2 is 1.32 bits per heavy atom. The molecule has 0 saturated heterocycles. The first kappa shape index (κ1) is 22.2. The number of rotatable bonds is 13. The maximum atomic E-state index is 12.1. The average Bonchev–Trinajstić information content (AvgIpc) is 2.54. The second kappa shape index (κ2) is 11.7. The summed E-state index contributed by atoms with van der Waals surface area (Å²) in [6, 6.07) is -2.71. The van der Waals surface area contributed by atoms with Crippen LogP contribution >= 0.6 is 0 Å². The minimum Gasteiger partial charge on any atom is -0.481 e. The quantitative estimate of drug-likeness (QED) is 0.312. The number of aliphatic carboxylic acids is 2. The summed E-state index contributed by atoms with van der Waals surface area (Å²) in [6.45, 7) is 1.71. The van der Waals surface area contributed by atoms with Gasteiger partial charge in [0.2, 0.25) is 11.8 Å². The van der Waals surface area contributed by atoms with Crippen LogP contribution in [0, 0.1) is 0 Å². The number of carboxylic acid groups (broad SMARTS) is 2. The Bertz CT molecular complexity index is 532. The van der Waals surface area contributed by atoms with Crippen LogP contribution in [-0.4, -0.2) is 58.1 Å². The van der Waals surface area contributed by atoms with Crippen molar-refractivity contribution in [3.63, 3.8) is 0 Å². The van der Waals surface area contributed by atoms with E-state index < -0.39 is 54.5 Å². The monoisotopic (exact) mass is 358 g/mol. The third kappa shape index (κ3) is 9.84. The van der Waals surface area contributed by atoms with Gasteiger partial charge in [0.05, 0.1) is 12.8 Å². The Labute approximate surface area is 144 Å². The molecule has 0 heterocycles. The van der Waals surface area contributed by atoms with Gasteiger partial charge in [-0.1, -0.05) is 6.92 Å². The van der Waals surface area contributed by atoms with E-state index >= 15 is 0 Å². The number of carbonyl (C=O) groups is 6. The molecule has 0 spiro atoms. The third-order valence-corrected chi connectivity index (χ3v) is 3.13. The molecule has 0 saturated carbocycles. The molecule has 10 nitrogen and oxygen atoms in total. The number of hydrogen-bond acceptors (Lipinski definition) is 6. The lowest BCUT2D eigenvalue weighted by Crippen LogP contribution is -2.56. The van der Waals surface area contributed by atoms with Gasteiger partial charge in [-0.3, -0.25) is 24.0 Å². The molecule has 0 rings (SSSR count). The van der Waals surface area contributed by atoms with E-state index in [1.165, 1.54) is 0 Å². The molecule has 25 heavy (non-hydrogen) atoms. The normalized spacial score (nSPS) is 12.5. The van der Waals surface area contributed by atoms with Gasteiger partial charge in [-0.2, -0.15) is 0 Å². The van der Waals surface area contributed by atoms with Gasteiger partial charge in [0.25, 0.3) is 0 Å². The van der Waals surface area contributed by atoms with Crippen LogP contribution in [-0.2, 0) is 28.8 Å². The summed E-state index contributed by atoms with van der Waals surface area (Å²) in [6.07, 6.45) is -0.912. The van der Waals surface area contributed by atoms with Gasteiger partial charge in [0.15, 0.2) is 5.78 Å². The summed E-state index contributed by atoms with van der Waals surface area (Å²) in [5.41, 5.74) is 0. The van der Waals surface area contributed by atoms with E-state index in [2.05, 4.69) is 10.6 Å². The number of carbonyl (C=O) groups excluding carboxylic acids is 4. The second-order valence-electron chi connectivity index (χ2n) is 5.28. The van der Waals surface area contributed by atoms with Crippen molar-refractivity contribution in [2.24, 2.45) is 0 Å². The largest absolute Gasteiger partial charge is 0.481 e. The first-order valence-electron chi connectivity index (χ1n) is 7.71. The molecule has 0 aromatic heterocycles. The SMILES string of the molecule is CCCC(=O)C(NC(=O)CCC(=O)O)C(C=O)NC(=O)CCC(=O)O. The van der Waals surface area contributed by atoms with E-state index in [0.717, 1.165) is 0 Å². The number of amides is 2. The molecule has 2 unspecified atom stereocenters. The molecule has 4 N–H and O–H groups in total. The number of hydrogen-bond donors (Lipinski definition) is 4. The zero-order chi connectivity index (χ0) is 19.4. The molecule has 0 aromatic carbocycles. The maximum absolute atomic E-state index is 12.1. The average molecular weight is 358 g/mol. The van der Waals surface area contributed by atoms with Crippen LogP contribution in [0.15, 0.2) is 0 Å². The van der Waals surface area contributed by atoms with Gasteiger partial charge in [0.1, 0.15) is 18.4 Å². The van der Waals surface area contributed by atoms with E-state index in [4.69, 9.17) is 10.2 Å². The Morgan fingerprint density at radius 3 is 1.72 bits per heavy atom. The van der Waals surface area contributed by atoms with Crippen molar-refractivity contribution in [3.05, 3.63) is 0 Å². The first-order valence-corrected chi connectivity index (χ1v) is 7.71. The Kier molecular flexibility index (Phi) is 10.4. The zero-order valence-corrected chi connectivity index (χ0v) is 13.8. The second-order valence-corrected chi connectivity index (χ2v) is 5.28. The molecule has 0 fully saturated rings. The van der Waals surface area contributed by atoms with Gasteiger partial charge in [-0.15, -0.1) is 0 Å². The van der Waals surface area contributed by atoms with E-state index in [9.17, 15) is 28.8 Å². The molecule has 2 atom stereocenters. The van der Waals surface area contributed by atoms with Gasteiger partial charge in [-0.05, 0) is 6.42 Å². The summed E-state index contributed by atoms with van der Waals surface area (Å²) in [7, 11) is 0. The predicted molar refractivity (Wildman–Crippen MR) is 83.6 cm³/mol. The lowest BCUT2D eigenvalue weighted by atomic mass is 10.0. The number of Topliss-reactive ketones (excluding diaryl/α,β-unsaturated/α-hetero) is 1. The summed E-state index contributed by atoms with van der Waals surface area (Å²) in [4.78, 5) is 67.7. The lowest BCUT2D eigenvalue weighted by Gasteiger charge is -2.24. The van der Waals surface area contributed by atoms with Crippen molar-refractivity contribution >= 4 is 35.8 Å². The van der Waals surface area contributed by atoms with Crippen LogP contribution in [0.25, 0.3) is 0 Å². The van der Waals surface area contributed by atoms with Crippen LogP contribution < -0.4 is 10.6 Å². The fourth-order valence-electron chi connectivity index (χ4n) is 1.91. The minimum atomic E-state index is -1.37. The molecule has 0 aliphatic heterocycles. The van der Waals surface area contributed by atoms with E-state index in [-0.39, 0.29) is 25.5 Å². The first-order chi connectivity index (χ1) is 11.7. The number of nitrogens with one attached hydrogen (secondary N) is 2. The van der Waals surface area contributed by atoms with Crippen LogP contribution in [0.4, 0.5) is 0 Å². The van der Waals surface area contributed by atoms with Crippen LogP contribution in [0.1, 0.15) is 45.4 Å². The molecule has 10 heteroatoms. The fraction of sp³-hybridized carbons (Fsp3) is 0.600. The highest BCUT2D eigenvalue weighted by atomic mass is 16.4. The Hall–Kier alpha value is -2.78. The summed E-state index contributed by atoms with van der Waals surface area (Å²) < 4.78 is 0. The van der Waals surface area contributed by atoms with Crippen molar-refractivity contribution in [3.8, 4) is 0 Å². The fourth-order valence-corrected chi connectivity index (χ4v) is 1.91. The smallest absolute Gasteiger partial charge is 0.303 e. The van der Waals surface area contributed by atoms with Crippen molar-refractivity contribution in [1.82, 2.24) is 10.6 Å². The van der Waals surface area contributed by atoms with Crippen LogP contribution in [0.2, 0.25) is 0 Å². The van der Waals surface area contributed by atoms with Crippen molar-refractivity contribution in [2.75, 3.05) is 0 Å². The summed E-state index contributed by atoms with van der Waals surface area (Å²) >= 11 is 0. The molecule has 0 bridgehead atoms. The predicted octanol–water partition coefficient (Wildman–Crippen LogP) is -0.746. The summed E-state index contributed by atoms with van der Waals surface area (Å²) in [5.74, 6) is -4.39. The molecule has 0 radical (unpaired) electrons. The van der Waals surface area contributed by atoms with Crippen molar-refractivity contribution < 1.29 is 39.0 Å². The number of aldehydes is 1. The lowest BCUT2D eigenvalue weighted by molar-refractivity contribution is -0.140. The highest BCUT2D eigenvalue weighted by molar-refractivity contribution is 5.94. The van der Waals surface area contributed by atoms with Crippen LogP contribution in [0.3, 0.4) is 0 Å². The Morgan fingerprint density at radius 1 is 0.840 bits per heavy atom. The van der Waals surface area contributed by atoms with Gasteiger partial charge < -0.3 is 25.6 Å². The minimum absolute atomic E-state index is 0.0409. The maximum Gasteiger partial charge on any atom is 0.303 e. The third-order valence-electron chi connectivity index (χ3n) is 3.13. The van der Waals surface area contributed by atoms with Crippen molar-refractivity contribution in [1.29, 1.82) is 0 Å². The molecule has 0 aliphatic carbocycles. The van der Waals surface area contributed by atoms with E-state index in [0.29, 0.717) is 6.42 Å². The van der Waals surface area contributed by atoms with Gasteiger partial charge >= 0.3 is 11.9 Å². The molecule has 0 aromatic rings. The van der Waals surface area contributed by atoms with Gasteiger partial charge in [-0.25, -0.2) is 0 Å². The number of ketones is 1. The van der Waals surface area contributed by atoms with Crippen molar-refractivity contribution in [2.45, 2.75) is 57.5 Å². The van der Waals surface area contributed by atoms with Gasteiger partial charge in [0, 0.05) is 19.3 Å². The zero-order valence-electron chi connectivity index (χ0n) is 13.8. The number of carboxylic acids is 2.